The number of fused-ring (bicyclic) bond motifs is 7. The van der Waals surface area contributed by atoms with Crippen molar-refractivity contribution in [3.63, 3.8) is 0 Å². The van der Waals surface area contributed by atoms with Crippen LogP contribution in [-0.2, 0) is 32.5 Å². The summed E-state index contributed by atoms with van der Waals surface area (Å²) in [7, 11) is 0. The van der Waals surface area contributed by atoms with E-state index >= 15 is 0 Å². The second-order valence-electron chi connectivity index (χ2n) is 29.3. The number of benzene rings is 8. The minimum Gasteiger partial charge on any atom is -0.334 e. The van der Waals surface area contributed by atoms with Gasteiger partial charge in [0, 0.05) is 50.8 Å². The van der Waals surface area contributed by atoms with Crippen molar-refractivity contribution in [1.29, 1.82) is 0 Å². The third-order valence-corrected chi connectivity index (χ3v) is 18.9. The Morgan fingerprint density at radius 1 is 0.380 bits per heavy atom. The van der Waals surface area contributed by atoms with Crippen LogP contribution < -0.4 is 31.1 Å². The molecule has 4 aliphatic rings. The van der Waals surface area contributed by atoms with Crippen LogP contribution in [0.1, 0.15) is 175 Å². The average Bonchev–Trinajstić information content (AvgIpc) is 3.41. The molecule has 8 aromatic carbocycles. The fraction of sp³-hybridized carbons (Fsp3) is 0.360. The highest BCUT2D eigenvalue weighted by atomic mass is 15.3. The van der Waals surface area contributed by atoms with Gasteiger partial charge >= 0.3 is 0 Å². The van der Waals surface area contributed by atoms with E-state index in [0.717, 1.165) is 12.8 Å². The van der Waals surface area contributed by atoms with Crippen LogP contribution in [0.3, 0.4) is 0 Å². The molecule has 1 saturated carbocycles. The molecule has 79 heavy (non-hydrogen) atoms. The second-order valence-corrected chi connectivity index (χ2v) is 29.3. The van der Waals surface area contributed by atoms with Crippen LogP contribution >= 0.6 is 0 Å². The molecule has 0 radical (unpaired) electrons. The first kappa shape index (κ1) is 52.9. The summed E-state index contributed by atoms with van der Waals surface area (Å²) in [6.45, 7) is 37.8. The summed E-state index contributed by atoms with van der Waals surface area (Å²) in [4.78, 5) is 8.12. The monoisotopic (exact) mass is 1040 g/mol. The van der Waals surface area contributed by atoms with Crippen molar-refractivity contribution in [2.45, 2.75) is 174 Å². The maximum absolute atomic E-state index is 2.80. The normalized spacial score (nSPS) is 18.9. The standard InChI is InChI=1S/C75H84BN3/c1-69(2,3)50-28-30-52(31-29-50)75-43-23-22-42-74(75,16)79(63-27-21-20-26-59(63)75)57-38-39-60-65(48-57)77(56-36-32-51(33-37-56)70(4,5)6)66-46-55(73(13,14)15)47-67-68(66)76(60)61-45-54(72(10,11)12)35-41-64(61)78(67)62-40-34-53(71(7,8)9)44-58(62)49-24-18-17-19-25-49/h17-21,24-41,44-48H,22-23,42-43H2,1-16H3. The SMILES string of the molecule is CC(C)(C)c1ccc(N2c3cc(N4c5ccccc5C5(c6ccc(C(C)(C)C)cc6)CCCCC45C)ccc3B3c4cc(C(C)(C)C)ccc4N(c4ccc(C(C)(C)C)cc4-c4ccccc4)c4cc(C(C)(C)C)cc2c43)cc1. The maximum atomic E-state index is 2.80. The fourth-order valence-electron chi connectivity index (χ4n) is 14.4. The molecule has 0 spiro atoms. The molecule has 402 valence electrons. The van der Waals surface area contributed by atoms with Crippen LogP contribution in [0.2, 0.25) is 0 Å². The van der Waals surface area contributed by atoms with Gasteiger partial charge < -0.3 is 14.7 Å². The van der Waals surface area contributed by atoms with Crippen molar-refractivity contribution in [2.24, 2.45) is 0 Å². The van der Waals surface area contributed by atoms with Gasteiger partial charge in [0.1, 0.15) is 0 Å². The van der Waals surface area contributed by atoms with Crippen molar-refractivity contribution >= 4 is 68.6 Å². The molecule has 0 N–H and O–H groups in total. The number of anilines is 8. The highest BCUT2D eigenvalue weighted by Crippen LogP contribution is 2.64. The zero-order valence-corrected chi connectivity index (χ0v) is 50.4. The second kappa shape index (κ2) is 18.1. The van der Waals surface area contributed by atoms with Crippen molar-refractivity contribution < 1.29 is 0 Å². The third-order valence-electron chi connectivity index (χ3n) is 18.9. The van der Waals surface area contributed by atoms with Gasteiger partial charge in [-0.05, 0) is 168 Å². The van der Waals surface area contributed by atoms with Gasteiger partial charge in [-0.2, -0.15) is 0 Å². The smallest absolute Gasteiger partial charge is 0.252 e. The summed E-state index contributed by atoms with van der Waals surface area (Å²) in [5.74, 6) is 0. The third kappa shape index (κ3) is 8.43. The first-order valence-corrected chi connectivity index (χ1v) is 29.6. The predicted octanol–water partition coefficient (Wildman–Crippen LogP) is 18.7. The van der Waals surface area contributed by atoms with E-state index in [-0.39, 0.29) is 44.7 Å². The molecule has 3 aliphatic heterocycles. The lowest BCUT2D eigenvalue weighted by Gasteiger charge is -2.52. The van der Waals surface area contributed by atoms with Crippen molar-refractivity contribution in [3.05, 3.63) is 209 Å². The van der Waals surface area contributed by atoms with Gasteiger partial charge in [0.2, 0.25) is 0 Å². The van der Waals surface area contributed by atoms with Crippen molar-refractivity contribution in [1.82, 2.24) is 0 Å². The molecule has 0 saturated heterocycles. The fourth-order valence-corrected chi connectivity index (χ4v) is 14.4. The molecule has 0 aromatic heterocycles. The van der Waals surface area contributed by atoms with Crippen LogP contribution in [0.5, 0.6) is 0 Å². The Balaban J connectivity index is 1.16. The van der Waals surface area contributed by atoms with E-state index < -0.39 is 0 Å². The van der Waals surface area contributed by atoms with Gasteiger partial charge in [0.25, 0.3) is 6.71 Å². The quantitative estimate of drug-likeness (QED) is 0.159. The Kier molecular flexibility index (Phi) is 12.1. The Labute approximate surface area is 475 Å². The highest BCUT2D eigenvalue weighted by Gasteiger charge is 2.61. The first-order chi connectivity index (χ1) is 37.2. The Morgan fingerprint density at radius 3 is 1.52 bits per heavy atom. The van der Waals surface area contributed by atoms with Crippen molar-refractivity contribution in [2.75, 3.05) is 14.7 Å². The molecular weight excluding hydrogens is 954 g/mol. The zero-order chi connectivity index (χ0) is 56.0. The van der Waals surface area contributed by atoms with Crippen LogP contribution in [0.25, 0.3) is 11.1 Å². The van der Waals surface area contributed by atoms with Gasteiger partial charge in [-0.1, -0.05) is 226 Å². The molecule has 0 bridgehead atoms. The molecular formula is C75H84BN3. The lowest BCUT2D eigenvalue weighted by atomic mass is 9.33. The number of nitrogens with zero attached hydrogens (tertiary/aromatic N) is 3. The van der Waals surface area contributed by atoms with E-state index in [0.29, 0.717) is 0 Å². The van der Waals surface area contributed by atoms with Gasteiger partial charge in [-0.25, -0.2) is 0 Å². The molecule has 1 aliphatic carbocycles. The molecule has 4 heteroatoms. The van der Waals surface area contributed by atoms with E-state index in [9.17, 15) is 0 Å². The van der Waals surface area contributed by atoms with Crippen LogP contribution in [-0.4, -0.2) is 12.3 Å². The summed E-state index contributed by atoms with van der Waals surface area (Å²) in [6.07, 6.45) is 4.62. The van der Waals surface area contributed by atoms with Gasteiger partial charge in [-0.3, -0.25) is 0 Å². The Hall–Kier alpha value is -6.78. The van der Waals surface area contributed by atoms with Crippen LogP contribution in [0.15, 0.2) is 170 Å². The van der Waals surface area contributed by atoms with Gasteiger partial charge in [0.15, 0.2) is 0 Å². The largest absolute Gasteiger partial charge is 0.334 e. The summed E-state index contributed by atoms with van der Waals surface area (Å²) >= 11 is 0. The molecule has 1 fully saturated rings. The van der Waals surface area contributed by atoms with Crippen molar-refractivity contribution in [3.8, 4) is 11.1 Å². The van der Waals surface area contributed by atoms with E-state index in [1.54, 1.807) is 0 Å². The van der Waals surface area contributed by atoms with E-state index in [4.69, 9.17) is 0 Å². The number of hydrogen-bond acceptors (Lipinski definition) is 3. The minimum atomic E-state index is -0.219. The van der Waals surface area contributed by atoms with E-state index in [1.165, 1.54) is 125 Å². The summed E-state index contributed by atoms with van der Waals surface area (Å²) in [5, 5.41) is 0. The molecule has 0 amide bonds. The lowest BCUT2D eigenvalue weighted by molar-refractivity contribution is 0.215. The Morgan fingerprint density at radius 2 is 0.899 bits per heavy atom. The lowest BCUT2D eigenvalue weighted by Crippen LogP contribution is -2.62. The first-order valence-electron chi connectivity index (χ1n) is 29.6. The number of para-hydroxylation sites is 1. The van der Waals surface area contributed by atoms with E-state index in [2.05, 4.69) is 295 Å². The summed E-state index contributed by atoms with van der Waals surface area (Å²) in [5.41, 5.74) is 25.5. The van der Waals surface area contributed by atoms with E-state index in [1.807, 2.05) is 0 Å². The van der Waals surface area contributed by atoms with Gasteiger partial charge in [-0.15, -0.1) is 0 Å². The Bertz CT molecular complexity index is 3660. The molecule has 2 atom stereocenters. The zero-order valence-electron chi connectivity index (χ0n) is 50.4. The number of hydrogen-bond donors (Lipinski definition) is 0. The number of rotatable bonds is 5. The summed E-state index contributed by atoms with van der Waals surface area (Å²) < 4.78 is 0. The van der Waals surface area contributed by atoms with Gasteiger partial charge in [0.05, 0.1) is 11.2 Å². The molecule has 2 unspecified atom stereocenters. The van der Waals surface area contributed by atoms with Crippen LogP contribution in [0, 0.1) is 0 Å². The molecule has 8 aromatic rings. The molecule has 3 nitrogen and oxygen atoms in total. The van der Waals surface area contributed by atoms with Crippen LogP contribution in [0.4, 0.5) is 45.5 Å². The average molecular weight is 1040 g/mol. The predicted molar refractivity (Wildman–Crippen MR) is 342 cm³/mol. The molecule has 12 rings (SSSR count). The minimum absolute atomic E-state index is 0.00797. The maximum Gasteiger partial charge on any atom is 0.252 e. The topological polar surface area (TPSA) is 9.72 Å². The summed E-state index contributed by atoms with van der Waals surface area (Å²) in [6, 6.07) is 67.4. The molecule has 3 heterocycles. The highest BCUT2D eigenvalue weighted by molar-refractivity contribution is 7.00.